The maximum absolute atomic E-state index is 13.8. The Balaban J connectivity index is 1.86. The van der Waals surface area contributed by atoms with E-state index in [9.17, 15) is 14.0 Å². The Morgan fingerprint density at radius 3 is 2.35 bits per heavy atom. The van der Waals surface area contributed by atoms with Crippen LogP contribution in [0.4, 0.5) is 4.39 Å². The minimum Gasteiger partial charge on any atom is -0.419 e. The Hall–Kier alpha value is -2.25. The average Bonchev–Trinajstić information content (AvgIpc) is 2.54. The number of ether oxygens (including phenoxy) is 2. The summed E-state index contributed by atoms with van der Waals surface area (Å²) in [5, 5.41) is 0. The molecular weight excluding hydrogens is 339 g/mol. The summed E-state index contributed by atoms with van der Waals surface area (Å²) < 4.78 is 24.0. The zero-order chi connectivity index (χ0) is 18.9. The van der Waals surface area contributed by atoms with Gasteiger partial charge in [0.05, 0.1) is 0 Å². The molecule has 0 radical (unpaired) electrons. The average molecular weight is 362 g/mol. The maximum atomic E-state index is 13.8. The fraction of sp³-hybridized carbons (Fsp3) is 0.474. The molecule has 0 aliphatic carbocycles. The Kier molecular flexibility index (Phi) is 5.11. The fourth-order valence-corrected chi connectivity index (χ4v) is 3.03. The number of likely N-dealkylation sites (N-methyl/N-ethyl adjacent to an activating group) is 1. The minimum atomic E-state index is -1.28. The fourth-order valence-electron chi connectivity index (χ4n) is 3.03. The first-order valence-electron chi connectivity index (χ1n) is 8.61. The highest BCUT2D eigenvalue weighted by molar-refractivity contribution is 6.18. The van der Waals surface area contributed by atoms with E-state index in [-0.39, 0.29) is 11.4 Å². The van der Waals surface area contributed by atoms with Crippen molar-refractivity contribution in [1.82, 2.24) is 9.80 Å². The van der Waals surface area contributed by atoms with Crippen molar-refractivity contribution in [3.8, 4) is 0 Å². The summed E-state index contributed by atoms with van der Waals surface area (Å²) in [7, 11) is 2.07. The number of piperazine rings is 1. The molecule has 26 heavy (non-hydrogen) atoms. The topological polar surface area (TPSA) is 59.1 Å². The summed E-state index contributed by atoms with van der Waals surface area (Å²) >= 11 is 0. The van der Waals surface area contributed by atoms with Crippen LogP contribution in [0.1, 0.15) is 25.0 Å². The van der Waals surface area contributed by atoms with Crippen LogP contribution in [0.15, 0.2) is 23.8 Å². The molecule has 0 unspecified atom stereocenters. The van der Waals surface area contributed by atoms with Crippen LogP contribution in [0, 0.1) is 5.82 Å². The Labute approximate surface area is 152 Å². The summed E-state index contributed by atoms with van der Waals surface area (Å²) in [5.41, 5.74) is 1.14. The Morgan fingerprint density at radius 2 is 1.73 bits per heavy atom. The zero-order valence-corrected chi connectivity index (χ0v) is 15.3. The molecule has 0 spiro atoms. The van der Waals surface area contributed by atoms with Crippen LogP contribution >= 0.6 is 0 Å². The summed E-state index contributed by atoms with van der Waals surface area (Å²) in [6, 6.07) is 4.31. The number of nitrogens with zero attached hydrogens (tertiary/aromatic N) is 2. The second kappa shape index (κ2) is 7.17. The van der Waals surface area contributed by atoms with Crippen LogP contribution in [-0.4, -0.2) is 60.8 Å². The molecule has 7 heteroatoms. The van der Waals surface area contributed by atoms with Crippen LogP contribution in [0.5, 0.6) is 0 Å². The lowest BCUT2D eigenvalue weighted by Gasteiger charge is -2.32. The first-order valence-corrected chi connectivity index (χ1v) is 8.61. The van der Waals surface area contributed by atoms with Gasteiger partial charge < -0.3 is 14.4 Å². The first-order chi connectivity index (χ1) is 12.2. The Bertz CT molecular complexity index is 730. The number of rotatable bonds is 3. The molecule has 2 aliphatic rings. The number of carbonyl (C=O) groups excluding carboxylic acids is 2. The number of hydrogen-bond acceptors (Lipinski definition) is 6. The van der Waals surface area contributed by atoms with Crippen LogP contribution in [0.3, 0.4) is 0 Å². The van der Waals surface area contributed by atoms with Crippen molar-refractivity contribution in [2.24, 2.45) is 0 Å². The van der Waals surface area contributed by atoms with Crippen LogP contribution in [-0.2, 0) is 25.6 Å². The molecule has 1 aromatic rings. The van der Waals surface area contributed by atoms with Gasteiger partial charge in [-0.15, -0.1) is 0 Å². The molecule has 0 N–H and O–H groups in total. The van der Waals surface area contributed by atoms with Gasteiger partial charge in [0.15, 0.2) is 0 Å². The van der Waals surface area contributed by atoms with Crippen molar-refractivity contribution >= 4 is 18.0 Å². The Morgan fingerprint density at radius 1 is 1.12 bits per heavy atom. The van der Waals surface area contributed by atoms with Crippen molar-refractivity contribution in [2.45, 2.75) is 26.2 Å². The van der Waals surface area contributed by atoms with Crippen molar-refractivity contribution in [3.63, 3.8) is 0 Å². The minimum absolute atomic E-state index is 0.185. The molecule has 0 bridgehead atoms. The molecule has 2 fully saturated rings. The van der Waals surface area contributed by atoms with E-state index in [1.54, 1.807) is 6.07 Å². The van der Waals surface area contributed by atoms with E-state index in [0.29, 0.717) is 17.7 Å². The quantitative estimate of drug-likeness (QED) is 0.464. The summed E-state index contributed by atoms with van der Waals surface area (Å²) in [6.45, 7) is 7.17. The molecular formula is C19H23FN2O4. The molecule has 2 saturated heterocycles. The second-order valence-electron chi connectivity index (χ2n) is 7.16. The van der Waals surface area contributed by atoms with Crippen LogP contribution in [0.2, 0.25) is 0 Å². The summed E-state index contributed by atoms with van der Waals surface area (Å²) in [5.74, 6) is -3.11. The van der Waals surface area contributed by atoms with Gasteiger partial charge in [-0.05, 0) is 36.4 Å². The molecule has 2 heterocycles. The third-order valence-electron chi connectivity index (χ3n) is 4.51. The highest BCUT2D eigenvalue weighted by atomic mass is 19.1. The highest BCUT2D eigenvalue weighted by Gasteiger charge is 2.39. The van der Waals surface area contributed by atoms with E-state index < -0.39 is 17.7 Å². The van der Waals surface area contributed by atoms with Crippen LogP contribution in [0.25, 0.3) is 6.08 Å². The molecule has 0 saturated carbocycles. The second-order valence-corrected chi connectivity index (χ2v) is 7.16. The number of carbonyl (C=O) groups is 2. The lowest BCUT2D eigenvalue weighted by Crippen LogP contribution is -2.44. The number of esters is 2. The van der Waals surface area contributed by atoms with Gasteiger partial charge in [0.2, 0.25) is 0 Å². The standard InChI is InChI=1S/C19H23FN2O4/c1-19(2)25-17(23)16(18(24)26-19)11-13-4-5-15(20)10-14(13)12-22-8-6-21(3)7-9-22/h4-5,10-11H,6-9,12H2,1-3H3. The van der Waals surface area contributed by atoms with E-state index in [1.165, 1.54) is 32.1 Å². The summed E-state index contributed by atoms with van der Waals surface area (Å²) in [6.07, 6.45) is 1.42. The third kappa shape index (κ3) is 4.28. The molecule has 2 aliphatic heterocycles. The summed E-state index contributed by atoms with van der Waals surface area (Å²) in [4.78, 5) is 28.8. The van der Waals surface area contributed by atoms with Gasteiger partial charge in [-0.1, -0.05) is 6.07 Å². The van der Waals surface area contributed by atoms with Gasteiger partial charge in [-0.3, -0.25) is 4.90 Å². The third-order valence-corrected chi connectivity index (χ3v) is 4.51. The zero-order valence-electron chi connectivity index (χ0n) is 15.3. The molecule has 0 atom stereocenters. The first kappa shape index (κ1) is 18.5. The molecule has 6 nitrogen and oxygen atoms in total. The lowest BCUT2D eigenvalue weighted by atomic mass is 10.0. The number of cyclic esters (lactones) is 2. The van der Waals surface area contributed by atoms with Gasteiger partial charge in [0, 0.05) is 46.6 Å². The normalized spacial score (nSPS) is 21.3. The van der Waals surface area contributed by atoms with Gasteiger partial charge in [-0.25, -0.2) is 14.0 Å². The van der Waals surface area contributed by atoms with E-state index in [4.69, 9.17) is 9.47 Å². The lowest BCUT2D eigenvalue weighted by molar-refractivity contribution is -0.222. The van der Waals surface area contributed by atoms with Crippen molar-refractivity contribution in [1.29, 1.82) is 0 Å². The molecule has 0 aromatic heterocycles. The number of halogens is 1. The molecule has 0 amide bonds. The van der Waals surface area contributed by atoms with E-state index in [0.717, 1.165) is 26.2 Å². The van der Waals surface area contributed by atoms with Crippen molar-refractivity contribution < 1.29 is 23.5 Å². The number of benzene rings is 1. The van der Waals surface area contributed by atoms with Crippen LogP contribution < -0.4 is 0 Å². The molecule has 1 aromatic carbocycles. The van der Waals surface area contributed by atoms with Crippen molar-refractivity contribution in [2.75, 3.05) is 33.2 Å². The maximum Gasteiger partial charge on any atom is 0.348 e. The van der Waals surface area contributed by atoms with Gasteiger partial charge >= 0.3 is 11.9 Å². The molecule has 140 valence electrons. The predicted molar refractivity (Wildman–Crippen MR) is 93.4 cm³/mol. The van der Waals surface area contributed by atoms with Gasteiger partial charge in [-0.2, -0.15) is 0 Å². The van der Waals surface area contributed by atoms with Crippen molar-refractivity contribution in [3.05, 3.63) is 40.7 Å². The SMILES string of the molecule is CN1CCN(Cc2cc(F)ccc2C=C2C(=O)OC(C)(C)OC2=O)CC1. The van der Waals surface area contributed by atoms with Gasteiger partial charge in [0.25, 0.3) is 5.79 Å². The number of hydrogen-bond donors (Lipinski definition) is 0. The molecule has 3 rings (SSSR count). The van der Waals surface area contributed by atoms with Gasteiger partial charge in [0.1, 0.15) is 11.4 Å². The monoisotopic (exact) mass is 362 g/mol. The highest BCUT2D eigenvalue weighted by Crippen LogP contribution is 2.25. The van der Waals surface area contributed by atoms with E-state index in [1.807, 2.05) is 0 Å². The smallest absolute Gasteiger partial charge is 0.348 e. The largest absolute Gasteiger partial charge is 0.419 e. The van der Waals surface area contributed by atoms with E-state index >= 15 is 0 Å². The predicted octanol–water partition coefficient (Wildman–Crippen LogP) is 1.79. The van der Waals surface area contributed by atoms with E-state index in [2.05, 4.69) is 16.8 Å².